The van der Waals surface area contributed by atoms with Crippen molar-refractivity contribution >= 4 is 27.2 Å². The molecule has 0 aliphatic rings. The number of benzene rings is 1. The molecule has 1 aromatic rings. The van der Waals surface area contributed by atoms with Crippen LogP contribution in [0.2, 0.25) is 0 Å². The Morgan fingerprint density at radius 1 is 1.47 bits per heavy atom. The molecular formula is C11H14F2N2O2S2. The molecule has 0 aliphatic heterocycles. The number of nitrogens with two attached hydrogens (primary N) is 1. The standard InChI is InChI=1S/C11H14F2N2O2S2/c1-3-11(2,10(14)18)15-19(16,17)9-6-7(12)4-5-8(9)13/h4-6,15H,3H2,1-2H3,(H2,14,18). The summed E-state index contributed by atoms with van der Waals surface area (Å²) in [6.07, 6.45) is 0.276. The fourth-order valence-electron chi connectivity index (χ4n) is 1.33. The summed E-state index contributed by atoms with van der Waals surface area (Å²) in [6.45, 7) is 3.15. The second-order valence-corrected chi connectivity index (χ2v) is 6.32. The topological polar surface area (TPSA) is 72.2 Å². The van der Waals surface area contributed by atoms with Crippen LogP contribution in [-0.2, 0) is 10.0 Å². The van der Waals surface area contributed by atoms with Crippen molar-refractivity contribution in [1.29, 1.82) is 0 Å². The van der Waals surface area contributed by atoms with E-state index in [9.17, 15) is 17.2 Å². The lowest BCUT2D eigenvalue weighted by atomic mass is 10.0. The molecule has 0 saturated carbocycles. The largest absolute Gasteiger partial charge is 0.392 e. The van der Waals surface area contributed by atoms with Gasteiger partial charge >= 0.3 is 0 Å². The SMILES string of the molecule is CCC(C)(NS(=O)(=O)c1cc(F)ccc1F)C(N)=S. The smallest absolute Gasteiger partial charge is 0.244 e. The highest BCUT2D eigenvalue weighted by Gasteiger charge is 2.33. The Morgan fingerprint density at radius 3 is 2.53 bits per heavy atom. The normalized spacial score (nSPS) is 14.9. The second-order valence-electron chi connectivity index (χ2n) is 4.23. The van der Waals surface area contributed by atoms with Crippen molar-refractivity contribution < 1.29 is 17.2 Å². The third-order valence-corrected chi connectivity index (χ3v) is 4.85. The van der Waals surface area contributed by atoms with Crippen LogP contribution in [0, 0.1) is 11.6 Å². The molecule has 0 aliphatic carbocycles. The van der Waals surface area contributed by atoms with Gasteiger partial charge in [0, 0.05) is 0 Å². The highest BCUT2D eigenvalue weighted by atomic mass is 32.2. The Hall–Kier alpha value is -1.12. The van der Waals surface area contributed by atoms with Crippen LogP contribution in [-0.4, -0.2) is 18.9 Å². The fraction of sp³-hybridized carbons (Fsp3) is 0.364. The van der Waals surface area contributed by atoms with Gasteiger partial charge in [0.1, 0.15) is 16.5 Å². The number of nitrogens with one attached hydrogen (secondary N) is 1. The van der Waals surface area contributed by atoms with E-state index < -0.39 is 32.1 Å². The van der Waals surface area contributed by atoms with Crippen LogP contribution in [0.1, 0.15) is 20.3 Å². The summed E-state index contributed by atoms with van der Waals surface area (Å²) in [7, 11) is -4.26. The summed E-state index contributed by atoms with van der Waals surface area (Å²) in [5, 5.41) is 0. The van der Waals surface area contributed by atoms with Crippen LogP contribution in [0.25, 0.3) is 0 Å². The van der Waals surface area contributed by atoms with E-state index in [1.165, 1.54) is 6.92 Å². The third-order valence-electron chi connectivity index (χ3n) is 2.79. The van der Waals surface area contributed by atoms with Crippen molar-refractivity contribution in [3.63, 3.8) is 0 Å². The molecule has 4 nitrogen and oxygen atoms in total. The molecule has 3 N–H and O–H groups in total. The number of sulfonamides is 1. The van der Waals surface area contributed by atoms with Gasteiger partial charge in [-0.05, 0) is 31.5 Å². The summed E-state index contributed by atoms with van der Waals surface area (Å²) in [5.74, 6) is -1.90. The van der Waals surface area contributed by atoms with Crippen LogP contribution in [0.15, 0.2) is 23.1 Å². The van der Waals surface area contributed by atoms with E-state index in [-0.39, 0.29) is 11.4 Å². The molecule has 19 heavy (non-hydrogen) atoms. The Kier molecular flexibility index (Phi) is 4.59. The predicted molar refractivity (Wildman–Crippen MR) is 72.2 cm³/mol. The Bertz CT molecular complexity index is 605. The van der Waals surface area contributed by atoms with Crippen molar-refractivity contribution in [2.75, 3.05) is 0 Å². The molecule has 1 rings (SSSR count). The number of halogens is 2. The van der Waals surface area contributed by atoms with Crippen LogP contribution in [0.4, 0.5) is 8.78 Å². The van der Waals surface area contributed by atoms with Gasteiger partial charge in [-0.15, -0.1) is 0 Å². The fourth-order valence-corrected chi connectivity index (χ4v) is 3.14. The number of hydrogen-bond donors (Lipinski definition) is 2. The van der Waals surface area contributed by atoms with Gasteiger partial charge in [0.25, 0.3) is 0 Å². The van der Waals surface area contributed by atoms with Crippen molar-refractivity contribution in [3.8, 4) is 0 Å². The molecule has 0 fully saturated rings. The lowest BCUT2D eigenvalue weighted by Gasteiger charge is -2.27. The van der Waals surface area contributed by atoms with Crippen molar-refractivity contribution in [1.82, 2.24) is 4.72 Å². The van der Waals surface area contributed by atoms with E-state index in [2.05, 4.69) is 4.72 Å². The quantitative estimate of drug-likeness (QED) is 0.812. The van der Waals surface area contributed by atoms with E-state index in [1.54, 1.807) is 6.92 Å². The minimum absolute atomic E-state index is 0.0737. The Labute approximate surface area is 116 Å². The van der Waals surface area contributed by atoms with Gasteiger partial charge in [-0.3, -0.25) is 0 Å². The van der Waals surface area contributed by atoms with Crippen LogP contribution in [0.5, 0.6) is 0 Å². The minimum Gasteiger partial charge on any atom is -0.392 e. The Balaban J connectivity index is 3.26. The van der Waals surface area contributed by atoms with Gasteiger partial charge in [-0.25, -0.2) is 17.2 Å². The zero-order chi connectivity index (χ0) is 14.8. The molecule has 0 spiro atoms. The summed E-state index contributed by atoms with van der Waals surface area (Å²) in [6, 6.07) is 2.18. The molecule has 0 heterocycles. The first-order valence-corrected chi connectivity index (χ1v) is 7.30. The van der Waals surface area contributed by atoms with Crippen molar-refractivity contribution in [3.05, 3.63) is 29.8 Å². The second kappa shape index (κ2) is 5.48. The molecule has 1 aromatic carbocycles. The summed E-state index contributed by atoms with van der Waals surface area (Å²) in [4.78, 5) is -0.848. The lowest BCUT2D eigenvalue weighted by molar-refractivity contribution is 0.501. The number of hydrogen-bond acceptors (Lipinski definition) is 3. The molecule has 8 heteroatoms. The summed E-state index contributed by atoms with van der Waals surface area (Å²) in [5.41, 5.74) is 4.27. The maximum atomic E-state index is 13.5. The number of thiocarbonyl (C=S) groups is 1. The first kappa shape index (κ1) is 15.9. The van der Waals surface area contributed by atoms with Gasteiger partial charge in [-0.2, -0.15) is 4.72 Å². The van der Waals surface area contributed by atoms with Crippen LogP contribution < -0.4 is 10.5 Å². The summed E-state index contributed by atoms with van der Waals surface area (Å²) < 4.78 is 52.8. The van der Waals surface area contributed by atoms with E-state index in [0.29, 0.717) is 6.07 Å². The molecule has 0 radical (unpaired) electrons. The van der Waals surface area contributed by atoms with E-state index >= 15 is 0 Å². The highest BCUT2D eigenvalue weighted by molar-refractivity contribution is 7.89. The molecule has 0 saturated heterocycles. The van der Waals surface area contributed by atoms with E-state index in [4.69, 9.17) is 18.0 Å². The zero-order valence-corrected chi connectivity index (χ0v) is 12.0. The molecular weight excluding hydrogens is 294 g/mol. The van der Waals surface area contributed by atoms with Crippen LogP contribution >= 0.6 is 12.2 Å². The van der Waals surface area contributed by atoms with Gasteiger partial charge in [0.05, 0.1) is 10.5 Å². The average molecular weight is 308 g/mol. The summed E-state index contributed by atoms with van der Waals surface area (Å²) >= 11 is 4.79. The average Bonchev–Trinajstić information content (AvgIpc) is 2.31. The third kappa shape index (κ3) is 3.46. The van der Waals surface area contributed by atoms with E-state index in [1.807, 2.05) is 0 Å². The lowest BCUT2D eigenvalue weighted by Crippen LogP contribution is -2.54. The zero-order valence-electron chi connectivity index (χ0n) is 10.4. The minimum atomic E-state index is -4.26. The predicted octanol–water partition coefficient (Wildman–Crippen LogP) is 1.70. The van der Waals surface area contributed by atoms with Crippen LogP contribution in [0.3, 0.4) is 0 Å². The molecule has 0 amide bonds. The van der Waals surface area contributed by atoms with Gasteiger partial charge in [-0.1, -0.05) is 19.1 Å². The first-order valence-electron chi connectivity index (χ1n) is 5.41. The van der Waals surface area contributed by atoms with E-state index in [0.717, 1.165) is 12.1 Å². The molecule has 0 bridgehead atoms. The highest BCUT2D eigenvalue weighted by Crippen LogP contribution is 2.20. The molecule has 1 atom stereocenters. The van der Waals surface area contributed by atoms with Gasteiger partial charge in [0.15, 0.2) is 0 Å². The Morgan fingerprint density at radius 2 is 2.05 bits per heavy atom. The molecule has 106 valence electrons. The first-order chi connectivity index (χ1) is 8.62. The van der Waals surface area contributed by atoms with Crippen molar-refractivity contribution in [2.45, 2.75) is 30.7 Å². The van der Waals surface area contributed by atoms with Gasteiger partial charge in [0.2, 0.25) is 10.0 Å². The number of rotatable bonds is 5. The monoisotopic (exact) mass is 308 g/mol. The maximum Gasteiger partial charge on any atom is 0.244 e. The molecule has 0 aromatic heterocycles. The van der Waals surface area contributed by atoms with Crippen molar-refractivity contribution in [2.24, 2.45) is 5.73 Å². The maximum absolute atomic E-state index is 13.5. The van der Waals surface area contributed by atoms with Gasteiger partial charge < -0.3 is 5.73 Å². The molecule has 1 unspecified atom stereocenters.